The predicted molar refractivity (Wildman–Crippen MR) is 107 cm³/mol. The zero-order valence-corrected chi connectivity index (χ0v) is 15.7. The zero-order chi connectivity index (χ0) is 17.2. The Kier molecular flexibility index (Phi) is 4.77. The first-order valence-electron chi connectivity index (χ1n) is 8.60. The highest BCUT2D eigenvalue weighted by Gasteiger charge is 2.21. The number of allylic oxidation sites excluding steroid dienone is 1. The summed E-state index contributed by atoms with van der Waals surface area (Å²) in [5.74, 6) is 0.807. The second-order valence-corrected chi connectivity index (χ2v) is 8.29. The molecule has 5 heteroatoms. The van der Waals surface area contributed by atoms with Crippen molar-refractivity contribution in [3.63, 3.8) is 0 Å². The molecule has 0 bridgehead atoms. The van der Waals surface area contributed by atoms with Crippen LogP contribution in [0.1, 0.15) is 28.8 Å². The molecular formula is C20H20N2OS2. The smallest absolute Gasteiger partial charge is 0.263 e. The van der Waals surface area contributed by atoms with Crippen LogP contribution in [0.15, 0.2) is 52.9 Å². The van der Waals surface area contributed by atoms with Gasteiger partial charge in [-0.1, -0.05) is 48.2 Å². The lowest BCUT2D eigenvalue weighted by atomic mass is 9.97. The second kappa shape index (κ2) is 7.18. The van der Waals surface area contributed by atoms with Crippen molar-refractivity contribution in [2.75, 3.05) is 0 Å². The molecule has 0 radical (unpaired) electrons. The molecule has 1 aliphatic rings. The van der Waals surface area contributed by atoms with E-state index in [1.807, 2.05) is 18.2 Å². The normalized spacial score (nSPS) is 13.8. The number of aromatic nitrogens is 2. The van der Waals surface area contributed by atoms with Gasteiger partial charge in [0, 0.05) is 17.2 Å². The van der Waals surface area contributed by atoms with Gasteiger partial charge in [-0.2, -0.15) is 0 Å². The third-order valence-corrected chi connectivity index (χ3v) is 6.80. The number of thioether (sulfide) groups is 1. The fraction of sp³-hybridized carbons (Fsp3) is 0.300. The number of rotatable bonds is 5. The lowest BCUT2D eigenvalue weighted by Crippen LogP contribution is -2.23. The van der Waals surface area contributed by atoms with Crippen LogP contribution in [0.2, 0.25) is 0 Å². The van der Waals surface area contributed by atoms with E-state index in [1.54, 1.807) is 33.7 Å². The Bertz CT molecular complexity index is 973. The largest absolute Gasteiger partial charge is 0.283 e. The minimum Gasteiger partial charge on any atom is -0.283 e. The van der Waals surface area contributed by atoms with Gasteiger partial charge in [-0.3, -0.25) is 9.36 Å². The first-order valence-corrected chi connectivity index (χ1v) is 10.4. The highest BCUT2D eigenvalue weighted by atomic mass is 32.2. The van der Waals surface area contributed by atoms with Crippen molar-refractivity contribution in [3.8, 4) is 0 Å². The quantitative estimate of drug-likeness (QED) is 0.368. The van der Waals surface area contributed by atoms with Crippen molar-refractivity contribution in [2.45, 2.75) is 43.1 Å². The van der Waals surface area contributed by atoms with Crippen LogP contribution in [0.4, 0.5) is 0 Å². The number of aryl methyl sites for hydroxylation is 2. The number of hydrogen-bond donors (Lipinski definition) is 0. The van der Waals surface area contributed by atoms with Crippen molar-refractivity contribution in [3.05, 3.63) is 69.3 Å². The molecule has 3 nitrogen and oxygen atoms in total. The fourth-order valence-electron chi connectivity index (χ4n) is 3.34. The van der Waals surface area contributed by atoms with E-state index in [2.05, 4.69) is 18.7 Å². The van der Waals surface area contributed by atoms with Crippen LogP contribution in [0.25, 0.3) is 10.2 Å². The van der Waals surface area contributed by atoms with Crippen LogP contribution >= 0.6 is 23.1 Å². The van der Waals surface area contributed by atoms with Gasteiger partial charge in [0.15, 0.2) is 5.16 Å². The Morgan fingerprint density at radius 2 is 2.04 bits per heavy atom. The SMILES string of the molecule is C=CCn1c(SCc2ccccc2)nc2sc3c(c2c1=O)CCCC3. The molecule has 1 aromatic carbocycles. The summed E-state index contributed by atoms with van der Waals surface area (Å²) in [4.78, 5) is 20.3. The molecule has 0 N–H and O–H groups in total. The molecule has 0 spiro atoms. The summed E-state index contributed by atoms with van der Waals surface area (Å²) in [6, 6.07) is 10.3. The van der Waals surface area contributed by atoms with Crippen LogP contribution in [0, 0.1) is 0 Å². The molecule has 25 heavy (non-hydrogen) atoms. The molecule has 0 saturated carbocycles. The van der Waals surface area contributed by atoms with Crippen LogP contribution < -0.4 is 5.56 Å². The van der Waals surface area contributed by atoms with E-state index >= 15 is 0 Å². The number of thiophene rings is 1. The first-order chi connectivity index (χ1) is 12.3. The molecule has 3 aromatic rings. The van der Waals surface area contributed by atoms with Crippen molar-refractivity contribution >= 4 is 33.3 Å². The first kappa shape index (κ1) is 16.6. The van der Waals surface area contributed by atoms with Crippen LogP contribution in [0.5, 0.6) is 0 Å². The van der Waals surface area contributed by atoms with E-state index in [9.17, 15) is 4.79 Å². The Labute approximate surface area is 155 Å². The van der Waals surface area contributed by atoms with Crippen molar-refractivity contribution in [1.29, 1.82) is 0 Å². The summed E-state index contributed by atoms with van der Waals surface area (Å²) in [6.45, 7) is 4.32. The molecule has 0 amide bonds. The molecule has 1 aliphatic carbocycles. The van der Waals surface area contributed by atoms with E-state index in [1.165, 1.54) is 28.8 Å². The highest BCUT2D eigenvalue weighted by molar-refractivity contribution is 7.98. The van der Waals surface area contributed by atoms with Crippen molar-refractivity contribution < 1.29 is 0 Å². The Morgan fingerprint density at radius 1 is 1.24 bits per heavy atom. The molecule has 0 unspecified atom stereocenters. The van der Waals surface area contributed by atoms with E-state index in [0.29, 0.717) is 6.54 Å². The van der Waals surface area contributed by atoms with E-state index in [4.69, 9.17) is 4.98 Å². The van der Waals surface area contributed by atoms with Crippen LogP contribution in [-0.4, -0.2) is 9.55 Å². The maximum absolute atomic E-state index is 13.2. The summed E-state index contributed by atoms with van der Waals surface area (Å²) in [5, 5.41) is 1.64. The maximum Gasteiger partial charge on any atom is 0.263 e. The predicted octanol–water partition coefficient (Wildman–Crippen LogP) is 4.82. The maximum atomic E-state index is 13.2. The van der Waals surface area contributed by atoms with Gasteiger partial charge in [-0.05, 0) is 36.8 Å². The Balaban J connectivity index is 1.78. The van der Waals surface area contributed by atoms with Gasteiger partial charge in [0.05, 0.1) is 5.39 Å². The minimum absolute atomic E-state index is 0.0971. The zero-order valence-electron chi connectivity index (χ0n) is 14.0. The van der Waals surface area contributed by atoms with Gasteiger partial charge in [0.25, 0.3) is 5.56 Å². The highest BCUT2D eigenvalue weighted by Crippen LogP contribution is 2.35. The molecule has 0 saturated heterocycles. The topological polar surface area (TPSA) is 34.9 Å². The molecule has 0 fully saturated rings. The average molecular weight is 369 g/mol. The van der Waals surface area contributed by atoms with Gasteiger partial charge in [0.1, 0.15) is 4.83 Å². The van der Waals surface area contributed by atoms with Crippen molar-refractivity contribution in [1.82, 2.24) is 9.55 Å². The molecule has 4 rings (SSSR count). The van der Waals surface area contributed by atoms with E-state index in [0.717, 1.165) is 34.0 Å². The number of benzene rings is 1. The lowest BCUT2D eigenvalue weighted by molar-refractivity contribution is 0.668. The molecule has 2 heterocycles. The monoisotopic (exact) mass is 368 g/mol. The summed E-state index contributed by atoms with van der Waals surface area (Å²) in [6.07, 6.45) is 6.27. The average Bonchev–Trinajstić information content (AvgIpc) is 3.02. The molecule has 0 aliphatic heterocycles. The number of nitrogens with zero attached hydrogens (tertiary/aromatic N) is 2. The molecule has 0 atom stereocenters. The number of hydrogen-bond acceptors (Lipinski definition) is 4. The molecule has 2 aromatic heterocycles. The van der Waals surface area contributed by atoms with Crippen LogP contribution in [-0.2, 0) is 25.1 Å². The van der Waals surface area contributed by atoms with E-state index in [-0.39, 0.29) is 5.56 Å². The van der Waals surface area contributed by atoms with Gasteiger partial charge < -0.3 is 0 Å². The number of fused-ring (bicyclic) bond motifs is 3. The molecule has 128 valence electrons. The summed E-state index contributed by atoms with van der Waals surface area (Å²) in [7, 11) is 0. The third kappa shape index (κ3) is 3.18. The second-order valence-electron chi connectivity index (χ2n) is 6.26. The summed E-state index contributed by atoms with van der Waals surface area (Å²) in [5.41, 5.74) is 2.58. The fourth-order valence-corrected chi connectivity index (χ4v) is 5.61. The van der Waals surface area contributed by atoms with Crippen LogP contribution in [0.3, 0.4) is 0 Å². The van der Waals surface area contributed by atoms with Gasteiger partial charge in [-0.15, -0.1) is 17.9 Å². The molecular weight excluding hydrogens is 348 g/mol. The van der Waals surface area contributed by atoms with Gasteiger partial charge in [0.2, 0.25) is 0 Å². The third-order valence-electron chi connectivity index (χ3n) is 4.56. The summed E-state index contributed by atoms with van der Waals surface area (Å²) >= 11 is 3.34. The van der Waals surface area contributed by atoms with Crippen molar-refractivity contribution in [2.24, 2.45) is 0 Å². The Hall–Kier alpha value is -1.85. The van der Waals surface area contributed by atoms with Gasteiger partial charge >= 0.3 is 0 Å². The standard InChI is InChI=1S/C20H20N2OS2/c1-2-12-22-19(23)17-15-10-6-7-11-16(15)25-18(17)21-20(22)24-13-14-8-4-3-5-9-14/h2-5,8-9H,1,6-7,10-13H2. The van der Waals surface area contributed by atoms with Gasteiger partial charge in [-0.25, -0.2) is 4.98 Å². The summed E-state index contributed by atoms with van der Waals surface area (Å²) < 4.78 is 1.78. The Morgan fingerprint density at radius 3 is 2.84 bits per heavy atom. The minimum atomic E-state index is 0.0971. The lowest BCUT2D eigenvalue weighted by Gasteiger charge is -2.12. The van der Waals surface area contributed by atoms with E-state index < -0.39 is 0 Å².